The van der Waals surface area contributed by atoms with E-state index in [4.69, 9.17) is 5.73 Å². The number of fused-ring (bicyclic) bond motifs is 2. The summed E-state index contributed by atoms with van der Waals surface area (Å²) in [6.45, 7) is 0. The van der Waals surface area contributed by atoms with Gasteiger partial charge in [-0.25, -0.2) is 0 Å². The monoisotopic (exact) mass is 231 g/mol. The predicted molar refractivity (Wildman–Crippen MR) is 69.1 cm³/mol. The Labute approximate surface area is 97.7 Å². The lowest BCUT2D eigenvalue weighted by Gasteiger charge is -2.16. The molecule has 1 aliphatic rings. The van der Waals surface area contributed by atoms with Crippen molar-refractivity contribution in [1.82, 2.24) is 0 Å². The second kappa shape index (κ2) is 3.59. The van der Waals surface area contributed by atoms with Crippen LogP contribution in [0.4, 0.5) is 5.69 Å². The third kappa shape index (κ3) is 1.43. The van der Waals surface area contributed by atoms with Crippen LogP contribution in [-0.2, 0) is 12.8 Å². The highest BCUT2D eigenvalue weighted by molar-refractivity contribution is 7.16. The Hall–Kier alpha value is -1.35. The molecule has 2 nitrogen and oxygen atoms in total. The van der Waals surface area contributed by atoms with Crippen LogP contribution in [0.2, 0.25) is 0 Å². The Bertz CT molecular complexity index is 615. The number of benzene rings is 1. The summed E-state index contributed by atoms with van der Waals surface area (Å²) in [5, 5.41) is 2.55. The van der Waals surface area contributed by atoms with E-state index in [1.54, 1.807) is 16.7 Å². The fourth-order valence-corrected chi connectivity index (χ4v) is 3.22. The lowest BCUT2D eigenvalue weighted by atomic mass is 9.91. The van der Waals surface area contributed by atoms with Gasteiger partial charge >= 0.3 is 0 Å². The van der Waals surface area contributed by atoms with E-state index in [1.165, 1.54) is 24.0 Å². The van der Waals surface area contributed by atoms with Gasteiger partial charge in [0, 0.05) is 15.5 Å². The molecule has 2 N–H and O–H groups in total. The number of hydrogen-bond donors (Lipinski definition) is 1. The van der Waals surface area contributed by atoms with Crippen molar-refractivity contribution in [3.8, 4) is 0 Å². The van der Waals surface area contributed by atoms with Gasteiger partial charge < -0.3 is 5.73 Å². The normalized spacial score (nSPS) is 15.0. The minimum Gasteiger partial charge on any atom is -0.395 e. The minimum absolute atomic E-state index is 0.0119. The number of anilines is 1. The fourth-order valence-electron chi connectivity index (χ4n) is 2.37. The summed E-state index contributed by atoms with van der Waals surface area (Å²) in [6, 6.07) is 4.23. The van der Waals surface area contributed by atoms with Crippen molar-refractivity contribution in [2.75, 3.05) is 5.73 Å². The van der Waals surface area contributed by atoms with Crippen LogP contribution in [-0.4, -0.2) is 0 Å². The third-order valence-corrected chi connectivity index (χ3v) is 4.23. The summed E-state index contributed by atoms with van der Waals surface area (Å²) in [6.07, 6.45) is 4.75. The highest BCUT2D eigenvalue weighted by atomic mass is 32.1. The quantitative estimate of drug-likeness (QED) is 0.757. The van der Waals surface area contributed by atoms with Crippen LogP contribution in [0.15, 0.2) is 22.3 Å². The topological polar surface area (TPSA) is 43.1 Å². The van der Waals surface area contributed by atoms with Crippen LogP contribution in [0.5, 0.6) is 0 Å². The van der Waals surface area contributed by atoms with Crippen molar-refractivity contribution in [1.29, 1.82) is 0 Å². The molecule has 0 atom stereocenters. The van der Waals surface area contributed by atoms with Gasteiger partial charge in [0.15, 0.2) is 0 Å². The van der Waals surface area contributed by atoms with Crippen LogP contribution in [0.25, 0.3) is 10.1 Å². The molecule has 0 bridgehead atoms. The Balaban J connectivity index is 2.36. The number of hydrogen-bond acceptors (Lipinski definition) is 3. The van der Waals surface area contributed by atoms with Gasteiger partial charge in [0.2, 0.25) is 5.43 Å². The lowest BCUT2D eigenvalue weighted by Crippen LogP contribution is -2.09. The molecule has 1 aromatic heterocycles. The molecular formula is C13H13NOS. The van der Waals surface area contributed by atoms with Crippen LogP contribution < -0.4 is 11.2 Å². The van der Waals surface area contributed by atoms with E-state index in [9.17, 15) is 4.79 Å². The molecular weight excluding hydrogens is 218 g/mol. The maximum Gasteiger partial charge on any atom is 0.210 e. The van der Waals surface area contributed by atoms with Crippen LogP contribution in [0, 0.1) is 0 Å². The van der Waals surface area contributed by atoms with Gasteiger partial charge in [0.05, 0.1) is 5.69 Å². The van der Waals surface area contributed by atoms with Crippen molar-refractivity contribution in [2.24, 2.45) is 0 Å². The van der Waals surface area contributed by atoms with E-state index in [0.29, 0.717) is 5.69 Å². The van der Waals surface area contributed by atoms with E-state index in [-0.39, 0.29) is 5.43 Å². The summed E-state index contributed by atoms with van der Waals surface area (Å²) in [5.74, 6) is 0. The first-order chi connectivity index (χ1) is 7.75. The SMILES string of the molecule is Nc1csc2cc3c(cc2c1=O)CCCC3. The maximum atomic E-state index is 11.9. The molecule has 82 valence electrons. The van der Waals surface area contributed by atoms with Gasteiger partial charge in [0.25, 0.3) is 0 Å². The lowest BCUT2D eigenvalue weighted by molar-refractivity contribution is 0.687. The molecule has 0 saturated carbocycles. The molecule has 1 aromatic carbocycles. The van der Waals surface area contributed by atoms with Gasteiger partial charge in [-0.05, 0) is 48.9 Å². The van der Waals surface area contributed by atoms with E-state index < -0.39 is 0 Å². The summed E-state index contributed by atoms with van der Waals surface area (Å²) >= 11 is 1.57. The summed E-state index contributed by atoms with van der Waals surface area (Å²) in [5.41, 5.74) is 8.77. The molecule has 0 fully saturated rings. The number of nitrogen functional groups attached to an aromatic ring is 1. The average molecular weight is 231 g/mol. The van der Waals surface area contributed by atoms with Crippen LogP contribution in [0.1, 0.15) is 24.0 Å². The minimum atomic E-state index is -0.0119. The van der Waals surface area contributed by atoms with Gasteiger partial charge in [-0.1, -0.05) is 0 Å². The average Bonchev–Trinajstić information content (AvgIpc) is 2.32. The molecule has 2 aromatic rings. The van der Waals surface area contributed by atoms with Crippen molar-refractivity contribution < 1.29 is 0 Å². The molecule has 0 aliphatic heterocycles. The van der Waals surface area contributed by atoms with Gasteiger partial charge in [-0.3, -0.25) is 4.79 Å². The summed E-state index contributed by atoms with van der Waals surface area (Å²) in [4.78, 5) is 11.9. The van der Waals surface area contributed by atoms with Crippen molar-refractivity contribution >= 4 is 27.1 Å². The molecule has 1 aliphatic carbocycles. The maximum absolute atomic E-state index is 11.9. The Morgan fingerprint density at radius 2 is 1.81 bits per heavy atom. The first-order valence-corrected chi connectivity index (χ1v) is 6.46. The molecule has 0 spiro atoms. The van der Waals surface area contributed by atoms with Crippen LogP contribution in [0.3, 0.4) is 0 Å². The Morgan fingerprint density at radius 3 is 2.56 bits per heavy atom. The van der Waals surface area contributed by atoms with Crippen molar-refractivity contribution in [3.05, 3.63) is 38.9 Å². The zero-order chi connectivity index (χ0) is 11.1. The molecule has 0 amide bonds. The zero-order valence-corrected chi connectivity index (χ0v) is 9.77. The van der Waals surface area contributed by atoms with Gasteiger partial charge in [0.1, 0.15) is 0 Å². The highest BCUT2D eigenvalue weighted by Gasteiger charge is 2.12. The summed E-state index contributed by atoms with van der Waals surface area (Å²) in [7, 11) is 0. The fraction of sp³-hybridized carbons (Fsp3) is 0.308. The van der Waals surface area contributed by atoms with E-state index in [1.807, 2.05) is 0 Å². The molecule has 0 unspecified atom stereocenters. The standard InChI is InChI=1S/C13H13NOS/c14-11-7-16-12-6-9-4-2-1-3-8(9)5-10(12)13(11)15/h5-7H,1-4,14H2. The molecule has 3 heteroatoms. The van der Waals surface area contributed by atoms with Crippen molar-refractivity contribution in [3.63, 3.8) is 0 Å². The second-order valence-electron chi connectivity index (χ2n) is 4.34. The van der Waals surface area contributed by atoms with Crippen molar-refractivity contribution in [2.45, 2.75) is 25.7 Å². The molecule has 0 saturated heterocycles. The van der Waals surface area contributed by atoms with Gasteiger partial charge in [-0.2, -0.15) is 0 Å². The highest BCUT2D eigenvalue weighted by Crippen LogP contribution is 2.27. The number of aryl methyl sites for hydroxylation is 2. The molecule has 16 heavy (non-hydrogen) atoms. The Kier molecular flexibility index (Phi) is 2.21. The molecule has 1 heterocycles. The van der Waals surface area contributed by atoms with E-state index in [0.717, 1.165) is 22.9 Å². The third-order valence-electron chi connectivity index (χ3n) is 3.26. The largest absolute Gasteiger partial charge is 0.395 e. The Morgan fingerprint density at radius 1 is 1.12 bits per heavy atom. The second-order valence-corrected chi connectivity index (χ2v) is 5.26. The zero-order valence-electron chi connectivity index (χ0n) is 8.95. The predicted octanol–water partition coefficient (Wildman–Crippen LogP) is 2.72. The van der Waals surface area contributed by atoms with E-state index >= 15 is 0 Å². The van der Waals surface area contributed by atoms with Crippen LogP contribution >= 0.6 is 11.3 Å². The number of nitrogens with two attached hydrogens (primary N) is 1. The molecule has 3 rings (SSSR count). The van der Waals surface area contributed by atoms with Gasteiger partial charge in [-0.15, -0.1) is 11.3 Å². The molecule has 0 radical (unpaired) electrons. The first-order valence-electron chi connectivity index (χ1n) is 5.58. The first kappa shape index (κ1) is 9.85. The number of rotatable bonds is 0. The summed E-state index contributed by atoms with van der Waals surface area (Å²) < 4.78 is 1.07. The van der Waals surface area contributed by atoms with E-state index in [2.05, 4.69) is 12.1 Å². The smallest absolute Gasteiger partial charge is 0.210 e.